The zero-order valence-corrected chi connectivity index (χ0v) is 10.4. The van der Waals surface area contributed by atoms with Gasteiger partial charge in [-0.25, -0.2) is 0 Å². The molecule has 0 N–H and O–H groups in total. The summed E-state index contributed by atoms with van der Waals surface area (Å²) in [6.07, 6.45) is -2.49. The Morgan fingerprint density at radius 1 is 1.12 bits per heavy atom. The van der Waals surface area contributed by atoms with Gasteiger partial charge in [0.25, 0.3) is 0 Å². The van der Waals surface area contributed by atoms with Gasteiger partial charge in [-0.1, -0.05) is 12.1 Å². The highest BCUT2D eigenvalue weighted by Gasteiger charge is 2.29. The molecular weight excluding hydrogens is 227 g/mol. The van der Waals surface area contributed by atoms with Crippen molar-refractivity contribution in [1.29, 1.82) is 0 Å². The molecule has 0 heterocycles. The normalized spacial score (nSPS) is 14.1. The van der Waals surface area contributed by atoms with E-state index in [1.54, 1.807) is 12.1 Å². The van der Waals surface area contributed by atoms with Crippen molar-refractivity contribution in [1.82, 2.24) is 4.90 Å². The summed E-state index contributed by atoms with van der Waals surface area (Å²) in [7, 11) is 3.99. The molecule has 0 aromatic heterocycles. The standard InChI is InChI=1S/C13H18F3N/c1-10(17(2)3)4-5-11-6-8-12(9-7-11)13(14,15)16/h6-10H,4-5H2,1-3H3. The first-order valence-corrected chi connectivity index (χ1v) is 5.63. The number of halogens is 3. The van der Waals surface area contributed by atoms with Crippen LogP contribution in [0.25, 0.3) is 0 Å². The second kappa shape index (κ2) is 5.54. The Hall–Kier alpha value is -1.03. The highest BCUT2D eigenvalue weighted by molar-refractivity contribution is 5.24. The van der Waals surface area contributed by atoms with E-state index in [4.69, 9.17) is 0 Å². The van der Waals surface area contributed by atoms with Crippen molar-refractivity contribution in [2.24, 2.45) is 0 Å². The molecule has 96 valence electrons. The molecule has 0 spiro atoms. The zero-order valence-electron chi connectivity index (χ0n) is 10.4. The van der Waals surface area contributed by atoms with Gasteiger partial charge in [0.2, 0.25) is 0 Å². The Morgan fingerprint density at radius 2 is 1.65 bits per heavy atom. The fourth-order valence-electron chi connectivity index (χ4n) is 1.49. The number of benzene rings is 1. The average molecular weight is 245 g/mol. The third-order valence-corrected chi connectivity index (χ3v) is 3.01. The van der Waals surface area contributed by atoms with Crippen molar-refractivity contribution in [3.63, 3.8) is 0 Å². The smallest absolute Gasteiger partial charge is 0.307 e. The summed E-state index contributed by atoms with van der Waals surface area (Å²) >= 11 is 0. The van der Waals surface area contributed by atoms with Crippen LogP contribution in [0.4, 0.5) is 13.2 Å². The van der Waals surface area contributed by atoms with Gasteiger partial charge in [-0.3, -0.25) is 0 Å². The molecule has 1 aromatic rings. The van der Waals surface area contributed by atoms with Gasteiger partial charge in [0, 0.05) is 6.04 Å². The Bertz CT molecular complexity index is 341. The van der Waals surface area contributed by atoms with Crippen LogP contribution in [-0.2, 0) is 12.6 Å². The Labute approximate surface area is 100 Å². The second-order valence-electron chi connectivity index (χ2n) is 4.55. The maximum Gasteiger partial charge on any atom is 0.416 e. The first-order chi connectivity index (χ1) is 7.80. The number of nitrogens with zero attached hydrogens (tertiary/aromatic N) is 1. The number of aryl methyl sites for hydroxylation is 1. The molecule has 0 aliphatic heterocycles. The van der Waals surface area contributed by atoms with Crippen LogP contribution >= 0.6 is 0 Å². The number of alkyl halides is 3. The lowest BCUT2D eigenvalue weighted by atomic mass is 10.0. The van der Waals surface area contributed by atoms with Crippen molar-refractivity contribution < 1.29 is 13.2 Å². The van der Waals surface area contributed by atoms with E-state index in [9.17, 15) is 13.2 Å². The molecule has 0 radical (unpaired) electrons. The van der Waals surface area contributed by atoms with Crippen LogP contribution < -0.4 is 0 Å². The van der Waals surface area contributed by atoms with Crippen LogP contribution in [0.1, 0.15) is 24.5 Å². The fourth-order valence-corrected chi connectivity index (χ4v) is 1.49. The van der Waals surface area contributed by atoms with E-state index < -0.39 is 11.7 Å². The van der Waals surface area contributed by atoms with Gasteiger partial charge in [0.15, 0.2) is 0 Å². The molecule has 17 heavy (non-hydrogen) atoms. The lowest BCUT2D eigenvalue weighted by Crippen LogP contribution is -2.24. The van der Waals surface area contributed by atoms with Gasteiger partial charge in [-0.2, -0.15) is 13.2 Å². The lowest BCUT2D eigenvalue weighted by molar-refractivity contribution is -0.137. The molecule has 1 nitrogen and oxygen atoms in total. The van der Waals surface area contributed by atoms with E-state index in [1.165, 1.54) is 0 Å². The van der Waals surface area contributed by atoms with E-state index >= 15 is 0 Å². The highest BCUT2D eigenvalue weighted by atomic mass is 19.4. The number of hydrogen-bond acceptors (Lipinski definition) is 1. The maximum atomic E-state index is 12.3. The summed E-state index contributed by atoms with van der Waals surface area (Å²) in [5.74, 6) is 0. The predicted molar refractivity (Wildman–Crippen MR) is 62.9 cm³/mol. The Kier molecular flexibility index (Phi) is 4.57. The van der Waals surface area contributed by atoms with Crippen LogP contribution in [0.2, 0.25) is 0 Å². The molecule has 1 aromatic carbocycles. The molecule has 1 atom stereocenters. The summed E-state index contributed by atoms with van der Waals surface area (Å²) in [4.78, 5) is 2.10. The maximum absolute atomic E-state index is 12.3. The van der Waals surface area contributed by atoms with E-state index in [2.05, 4.69) is 11.8 Å². The summed E-state index contributed by atoms with van der Waals surface area (Å²) in [6, 6.07) is 5.85. The third kappa shape index (κ3) is 4.38. The van der Waals surface area contributed by atoms with Gasteiger partial charge in [0.1, 0.15) is 0 Å². The molecule has 0 saturated heterocycles. The predicted octanol–water partition coefficient (Wildman–Crippen LogP) is 3.59. The SMILES string of the molecule is CC(CCc1ccc(C(F)(F)F)cc1)N(C)C. The van der Waals surface area contributed by atoms with Gasteiger partial charge in [-0.05, 0) is 51.6 Å². The highest BCUT2D eigenvalue weighted by Crippen LogP contribution is 2.29. The van der Waals surface area contributed by atoms with E-state index in [0.717, 1.165) is 30.5 Å². The lowest BCUT2D eigenvalue weighted by Gasteiger charge is -2.19. The van der Waals surface area contributed by atoms with Gasteiger partial charge < -0.3 is 4.90 Å². The molecule has 1 rings (SSSR count). The molecule has 0 bridgehead atoms. The summed E-state index contributed by atoms with van der Waals surface area (Å²) in [5, 5.41) is 0. The molecular formula is C13H18F3N. The zero-order chi connectivity index (χ0) is 13.1. The van der Waals surface area contributed by atoms with Crippen molar-refractivity contribution in [3.05, 3.63) is 35.4 Å². The van der Waals surface area contributed by atoms with Gasteiger partial charge in [-0.15, -0.1) is 0 Å². The van der Waals surface area contributed by atoms with Gasteiger partial charge >= 0.3 is 6.18 Å². The minimum absolute atomic E-state index is 0.428. The molecule has 4 heteroatoms. The van der Waals surface area contributed by atoms with Crippen molar-refractivity contribution in [2.75, 3.05) is 14.1 Å². The van der Waals surface area contributed by atoms with E-state index in [-0.39, 0.29) is 0 Å². The second-order valence-corrected chi connectivity index (χ2v) is 4.55. The van der Waals surface area contributed by atoms with E-state index in [1.807, 2.05) is 14.1 Å². The topological polar surface area (TPSA) is 3.24 Å². The van der Waals surface area contributed by atoms with Crippen LogP contribution in [-0.4, -0.2) is 25.0 Å². The quantitative estimate of drug-likeness (QED) is 0.783. The van der Waals surface area contributed by atoms with Crippen LogP contribution in [0.15, 0.2) is 24.3 Å². The average Bonchev–Trinajstić information content (AvgIpc) is 2.25. The Morgan fingerprint density at radius 3 is 2.06 bits per heavy atom. The largest absolute Gasteiger partial charge is 0.416 e. The van der Waals surface area contributed by atoms with Crippen LogP contribution in [0.5, 0.6) is 0 Å². The Balaban J connectivity index is 2.57. The minimum atomic E-state index is -4.24. The van der Waals surface area contributed by atoms with E-state index in [0.29, 0.717) is 6.04 Å². The molecule has 0 amide bonds. The fraction of sp³-hybridized carbons (Fsp3) is 0.538. The summed E-state index contributed by atoms with van der Waals surface area (Å²) < 4.78 is 37.0. The molecule has 0 fully saturated rings. The van der Waals surface area contributed by atoms with Crippen molar-refractivity contribution >= 4 is 0 Å². The molecule has 0 aliphatic rings. The first-order valence-electron chi connectivity index (χ1n) is 5.63. The van der Waals surface area contributed by atoms with Crippen LogP contribution in [0.3, 0.4) is 0 Å². The van der Waals surface area contributed by atoms with Gasteiger partial charge in [0.05, 0.1) is 5.56 Å². The summed E-state index contributed by atoms with van der Waals surface area (Å²) in [6.45, 7) is 2.10. The number of hydrogen-bond donors (Lipinski definition) is 0. The summed E-state index contributed by atoms with van der Waals surface area (Å²) in [5.41, 5.74) is 0.369. The molecule has 0 saturated carbocycles. The van der Waals surface area contributed by atoms with Crippen molar-refractivity contribution in [3.8, 4) is 0 Å². The van der Waals surface area contributed by atoms with Crippen molar-refractivity contribution in [2.45, 2.75) is 32.0 Å². The monoisotopic (exact) mass is 245 g/mol. The first kappa shape index (κ1) is 14.0. The number of rotatable bonds is 4. The molecule has 0 aliphatic carbocycles. The molecule has 1 unspecified atom stereocenters. The third-order valence-electron chi connectivity index (χ3n) is 3.01. The van der Waals surface area contributed by atoms with Crippen LogP contribution in [0, 0.1) is 0 Å². The minimum Gasteiger partial charge on any atom is -0.307 e.